The zero-order chi connectivity index (χ0) is 18.6. The Labute approximate surface area is 152 Å². The average molecular weight is 368 g/mol. The standard InChI is InChI=1S/C20H27F3N2O/c21-20(22,23)18-6-2-1-5-16(18)8-7-15-4-3-12-25(14-15)13-11-19(26)24-17-9-10-17/h1-2,5-6,15,17H,3-4,7-14H2,(H,24,26)/t15-/m1/s1. The van der Waals surface area contributed by atoms with E-state index in [1.165, 1.54) is 12.1 Å². The number of hydrogen-bond donors (Lipinski definition) is 1. The second-order valence-electron chi connectivity index (χ2n) is 7.59. The van der Waals surface area contributed by atoms with Crippen molar-refractivity contribution in [2.75, 3.05) is 19.6 Å². The molecule has 2 fully saturated rings. The van der Waals surface area contributed by atoms with Crippen LogP contribution in [-0.2, 0) is 17.4 Å². The van der Waals surface area contributed by atoms with Gasteiger partial charge in [-0.05, 0) is 62.6 Å². The Balaban J connectivity index is 1.46. The molecule has 1 aliphatic heterocycles. The van der Waals surface area contributed by atoms with Gasteiger partial charge in [0.05, 0.1) is 5.56 Å². The van der Waals surface area contributed by atoms with Crippen molar-refractivity contribution in [3.63, 3.8) is 0 Å². The summed E-state index contributed by atoms with van der Waals surface area (Å²) in [5, 5.41) is 3.00. The molecule has 144 valence electrons. The highest BCUT2D eigenvalue weighted by Gasteiger charge is 2.33. The first-order chi connectivity index (χ1) is 12.4. The molecule has 1 heterocycles. The van der Waals surface area contributed by atoms with E-state index in [4.69, 9.17) is 0 Å². The third kappa shape index (κ3) is 5.73. The fraction of sp³-hybridized carbons (Fsp3) is 0.650. The Morgan fingerprint density at radius 2 is 1.96 bits per heavy atom. The molecule has 1 saturated carbocycles. The quantitative estimate of drug-likeness (QED) is 0.788. The molecule has 1 atom stereocenters. The SMILES string of the molecule is O=C(CCN1CCC[C@H](CCc2ccccc2C(F)(F)F)C1)NC1CC1. The summed E-state index contributed by atoms with van der Waals surface area (Å²) in [6, 6.07) is 6.27. The number of rotatable bonds is 7. The van der Waals surface area contributed by atoms with Crippen molar-refractivity contribution in [3.05, 3.63) is 35.4 Å². The first kappa shape index (κ1) is 19.2. The van der Waals surface area contributed by atoms with E-state index in [0.717, 1.165) is 51.7 Å². The molecule has 0 aromatic heterocycles. The van der Waals surface area contributed by atoms with Crippen molar-refractivity contribution in [2.24, 2.45) is 5.92 Å². The molecule has 26 heavy (non-hydrogen) atoms. The first-order valence-electron chi connectivity index (χ1n) is 9.58. The number of carbonyl (C=O) groups is 1. The van der Waals surface area contributed by atoms with Crippen LogP contribution in [0.15, 0.2) is 24.3 Å². The fourth-order valence-electron chi connectivity index (χ4n) is 3.75. The number of halogens is 3. The Morgan fingerprint density at radius 1 is 1.19 bits per heavy atom. The van der Waals surface area contributed by atoms with Gasteiger partial charge >= 0.3 is 6.18 Å². The van der Waals surface area contributed by atoms with E-state index < -0.39 is 11.7 Å². The number of nitrogens with one attached hydrogen (secondary N) is 1. The minimum Gasteiger partial charge on any atom is -0.353 e. The average Bonchev–Trinajstić information content (AvgIpc) is 3.42. The molecule has 3 nitrogen and oxygen atoms in total. The van der Waals surface area contributed by atoms with Crippen LogP contribution in [-0.4, -0.2) is 36.5 Å². The van der Waals surface area contributed by atoms with Crippen molar-refractivity contribution in [2.45, 2.75) is 57.2 Å². The number of piperidine rings is 1. The number of amides is 1. The van der Waals surface area contributed by atoms with Crippen LogP contribution in [0.2, 0.25) is 0 Å². The van der Waals surface area contributed by atoms with Crippen LogP contribution >= 0.6 is 0 Å². The number of aryl methyl sites for hydroxylation is 1. The maximum Gasteiger partial charge on any atom is 0.416 e. The third-order valence-corrected chi connectivity index (χ3v) is 5.35. The Morgan fingerprint density at radius 3 is 2.69 bits per heavy atom. The zero-order valence-electron chi connectivity index (χ0n) is 15.0. The van der Waals surface area contributed by atoms with Crippen LogP contribution in [0.1, 0.15) is 49.7 Å². The Kier molecular flexibility index (Phi) is 6.22. The Hall–Kier alpha value is -1.56. The molecule has 2 aliphatic rings. The van der Waals surface area contributed by atoms with E-state index >= 15 is 0 Å². The minimum atomic E-state index is -4.29. The number of alkyl halides is 3. The fourth-order valence-corrected chi connectivity index (χ4v) is 3.75. The second-order valence-corrected chi connectivity index (χ2v) is 7.59. The molecule has 0 spiro atoms. The maximum absolute atomic E-state index is 13.1. The molecule has 1 saturated heterocycles. The first-order valence-corrected chi connectivity index (χ1v) is 9.58. The van der Waals surface area contributed by atoms with Gasteiger partial charge in [0, 0.05) is 25.6 Å². The lowest BCUT2D eigenvalue weighted by atomic mass is 9.90. The van der Waals surface area contributed by atoms with E-state index in [1.54, 1.807) is 12.1 Å². The summed E-state index contributed by atoms with van der Waals surface area (Å²) in [4.78, 5) is 14.1. The monoisotopic (exact) mass is 368 g/mol. The van der Waals surface area contributed by atoms with Crippen molar-refractivity contribution in [1.82, 2.24) is 10.2 Å². The van der Waals surface area contributed by atoms with Crippen LogP contribution in [0, 0.1) is 5.92 Å². The van der Waals surface area contributed by atoms with Gasteiger partial charge in [-0.15, -0.1) is 0 Å². The van der Waals surface area contributed by atoms with E-state index in [9.17, 15) is 18.0 Å². The van der Waals surface area contributed by atoms with Gasteiger partial charge in [0.2, 0.25) is 5.91 Å². The van der Waals surface area contributed by atoms with Crippen molar-refractivity contribution in [1.29, 1.82) is 0 Å². The van der Waals surface area contributed by atoms with Gasteiger partial charge in [-0.25, -0.2) is 0 Å². The summed E-state index contributed by atoms with van der Waals surface area (Å²) in [6.45, 7) is 2.60. The number of nitrogens with zero attached hydrogens (tertiary/aromatic N) is 1. The van der Waals surface area contributed by atoms with Crippen LogP contribution in [0.4, 0.5) is 13.2 Å². The van der Waals surface area contributed by atoms with Crippen molar-refractivity contribution in [3.8, 4) is 0 Å². The normalized spacial score (nSPS) is 21.6. The molecule has 6 heteroatoms. The largest absolute Gasteiger partial charge is 0.416 e. The van der Waals surface area contributed by atoms with Gasteiger partial charge in [-0.1, -0.05) is 18.2 Å². The molecule has 1 N–H and O–H groups in total. The number of benzene rings is 1. The highest BCUT2D eigenvalue weighted by atomic mass is 19.4. The topological polar surface area (TPSA) is 32.3 Å². The summed E-state index contributed by atoms with van der Waals surface area (Å²) in [6.07, 6.45) is 1.74. The summed E-state index contributed by atoms with van der Waals surface area (Å²) in [7, 11) is 0. The van der Waals surface area contributed by atoms with Gasteiger partial charge in [0.1, 0.15) is 0 Å². The highest BCUT2D eigenvalue weighted by molar-refractivity contribution is 5.76. The number of carbonyl (C=O) groups excluding carboxylic acids is 1. The molecule has 0 bridgehead atoms. The van der Waals surface area contributed by atoms with Crippen LogP contribution in [0.3, 0.4) is 0 Å². The van der Waals surface area contributed by atoms with Crippen LogP contribution in [0.25, 0.3) is 0 Å². The predicted octanol–water partition coefficient (Wildman–Crippen LogP) is 4.02. The molecule has 1 aliphatic carbocycles. The molecular weight excluding hydrogens is 341 g/mol. The molecule has 0 radical (unpaired) electrons. The van der Waals surface area contributed by atoms with Crippen molar-refractivity contribution < 1.29 is 18.0 Å². The van der Waals surface area contributed by atoms with E-state index in [-0.39, 0.29) is 5.91 Å². The predicted molar refractivity (Wildman–Crippen MR) is 94.7 cm³/mol. The van der Waals surface area contributed by atoms with Crippen molar-refractivity contribution >= 4 is 5.91 Å². The smallest absolute Gasteiger partial charge is 0.353 e. The maximum atomic E-state index is 13.1. The van der Waals surface area contributed by atoms with Crippen LogP contribution in [0.5, 0.6) is 0 Å². The van der Waals surface area contributed by atoms with Crippen LogP contribution < -0.4 is 5.32 Å². The van der Waals surface area contributed by atoms with Gasteiger partial charge in [0.25, 0.3) is 0 Å². The lowest BCUT2D eigenvalue weighted by Gasteiger charge is -2.32. The third-order valence-electron chi connectivity index (χ3n) is 5.35. The van der Waals surface area contributed by atoms with Gasteiger partial charge in [-0.2, -0.15) is 13.2 Å². The lowest BCUT2D eigenvalue weighted by Crippen LogP contribution is -2.38. The van der Waals surface area contributed by atoms with Gasteiger partial charge in [0.15, 0.2) is 0 Å². The lowest BCUT2D eigenvalue weighted by molar-refractivity contribution is -0.138. The van der Waals surface area contributed by atoms with E-state index in [2.05, 4.69) is 10.2 Å². The summed E-state index contributed by atoms with van der Waals surface area (Å²) in [5.74, 6) is 0.519. The number of hydrogen-bond acceptors (Lipinski definition) is 2. The Bertz CT molecular complexity index is 613. The van der Waals surface area contributed by atoms with E-state index in [0.29, 0.717) is 30.4 Å². The molecule has 3 rings (SSSR count). The van der Waals surface area contributed by atoms with Gasteiger partial charge < -0.3 is 10.2 Å². The molecule has 1 aromatic carbocycles. The summed E-state index contributed by atoms with van der Waals surface area (Å²) < 4.78 is 39.3. The summed E-state index contributed by atoms with van der Waals surface area (Å²) in [5.41, 5.74) is -0.120. The molecular formula is C20H27F3N2O. The number of likely N-dealkylation sites (tertiary alicyclic amines) is 1. The molecule has 1 aromatic rings. The minimum absolute atomic E-state index is 0.119. The highest BCUT2D eigenvalue weighted by Crippen LogP contribution is 2.33. The van der Waals surface area contributed by atoms with Gasteiger partial charge in [-0.3, -0.25) is 4.79 Å². The molecule has 0 unspecified atom stereocenters. The summed E-state index contributed by atoms with van der Waals surface area (Å²) >= 11 is 0. The van der Waals surface area contributed by atoms with E-state index in [1.807, 2.05) is 0 Å². The molecule has 1 amide bonds. The second kappa shape index (κ2) is 8.42. The zero-order valence-corrected chi connectivity index (χ0v) is 15.0.